The molecule has 5 N–H and O–H groups in total. The summed E-state index contributed by atoms with van der Waals surface area (Å²) in [5, 5.41) is 2.89. The van der Waals surface area contributed by atoms with Gasteiger partial charge in [0.1, 0.15) is 5.60 Å². The zero-order valence-electron chi connectivity index (χ0n) is 23.7. The Balaban J connectivity index is 1.51. The number of phosphoric acid groups is 2. The minimum Gasteiger partial charge on any atom is -0.444 e. The van der Waals surface area contributed by atoms with E-state index in [-0.39, 0.29) is 32.3 Å². The van der Waals surface area contributed by atoms with Crippen LogP contribution in [0.3, 0.4) is 0 Å². The first-order chi connectivity index (χ1) is 19.0. The van der Waals surface area contributed by atoms with Crippen molar-refractivity contribution in [2.24, 2.45) is 17.8 Å². The van der Waals surface area contributed by atoms with E-state index in [0.717, 1.165) is 17.7 Å². The van der Waals surface area contributed by atoms with E-state index in [2.05, 4.69) is 21.4 Å². The number of nitrogens with zero attached hydrogens (tertiary/aromatic N) is 4. The van der Waals surface area contributed by atoms with Crippen LogP contribution in [0.1, 0.15) is 45.5 Å². The van der Waals surface area contributed by atoms with Gasteiger partial charge >= 0.3 is 27.6 Å². The molecule has 41 heavy (non-hydrogen) atoms. The minimum atomic E-state index is -4.52. The van der Waals surface area contributed by atoms with Gasteiger partial charge in [0.2, 0.25) is 0 Å². The Bertz CT molecular complexity index is 1250. The molecule has 17 nitrogen and oxygen atoms in total. The van der Waals surface area contributed by atoms with E-state index in [1.807, 2.05) is 22.5 Å². The van der Waals surface area contributed by atoms with E-state index in [9.17, 15) is 23.7 Å². The molecule has 232 valence electrons. The number of carbonyl (C=O) groups excluding carboxylic acids is 1. The van der Waals surface area contributed by atoms with Gasteiger partial charge in [-0.3, -0.25) is 22.7 Å². The smallest absolute Gasteiger partial charge is 0.444 e. The number of ether oxygens (including phenoxy) is 2. The van der Waals surface area contributed by atoms with E-state index >= 15 is 0 Å². The standard InChI is InChI=1S/C22H38N6O11P2/c1-15-18-19(25-20(23)24-15)28(14-26(18)5)17-8-7-16(38-17)13-37-41(32,33)36-12-10-27(21(29)39-22(2,3)4)9-11-35-40(30,31)34-6/h14,16-17H,1,7-13H2,2-6H3,(H4-,23,24,25,30,31,32,33)/p+1. The normalized spacial score (nSPS) is 21.8. The summed E-state index contributed by atoms with van der Waals surface area (Å²) in [7, 11) is -5.93. The van der Waals surface area contributed by atoms with Crippen molar-refractivity contribution in [3.8, 4) is 0 Å². The highest BCUT2D eigenvalue weighted by atomic mass is 31.2. The summed E-state index contributed by atoms with van der Waals surface area (Å²) in [6, 6.07) is 0. The number of phosphoric ester groups is 2. The molecule has 3 heterocycles. The fourth-order valence-electron chi connectivity index (χ4n) is 4.04. The first-order valence-electron chi connectivity index (χ1n) is 12.7. The quantitative estimate of drug-likeness (QED) is 0.182. The molecule has 0 aromatic carbocycles. The molecule has 2 aliphatic rings. The molecule has 0 radical (unpaired) electrons. The fourth-order valence-corrected chi connectivity index (χ4v) is 5.20. The molecule has 4 atom stereocenters. The van der Waals surface area contributed by atoms with Crippen LogP contribution in [0.4, 0.5) is 10.6 Å². The van der Waals surface area contributed by atoms with Crippen LogP contribution in [0, 0.1) is 0 Å². The Morgan fingerprint density at radius 1 is 1.24 bits per heavy atom. The van der Waals surface area contributed by atoms with Gasteiger partial charge in [-0.05, 0) is 27.2 Å². The van der Waals surface area contributed by atoms with Crippen molar-refractivity contribution < 1.29 is 55.8 Å². The zero-order chi connectivity index (χ0) is 30.6. The summed E-state index contributed by atoms with van der Waals surface area (Å²) in [4.78, 5) is 37.6. The number of hydrogen-bond donors (Lipinski definition) is 4. The van der Waals surface area contributed by atoms with Crippen molar-refractivity contribution in [3.63, 3.8) is 0 Å². The van der Waals surface area contributed by atoms with Gasteiger partial charge in [-0.2, -0.15) is 0 Å². The first-order valence-corrected chi connectivity index (χ1v) is 15.7. The topological polar surface area (TPSA) is 210 Å². The minimum absolute atomic E-state index is 0.181. The predicted octanol–water partition coefficient (Wildman–Crippen LogP) is 1.64. The summed E-state index contributed by atoms with van der Waals surface area (Å²) in [5.74, 6) is 0.792. The van der Waals surface area contributed by atoms with Crippen LogP contribution < -0.4 is 15.6 Å². The third kappa shape index (κ3) is 9.60. The second kappa shape index (κ2) is 13.3. The van der Waals surface area contributed by atoms with Crippen LogP contribution in [-0.4, -0.2) is 83.0 Å². The highest BCUT2D eigenvalue weighted by Crippen LogP contribution is 2.44. The Morgan fingerprint density at radius 3 is 2.49 bits per heavy atom. The van der Waals surface area contributed by atoms with Gasteiger partial charge in [-0.1, -0.05) is 11.6 Å². The average Bonchev–Trinajstić information content (AvgIpc) is 3.45. The number of amides is 1. The lowest BCUT2D eigenvalue weighted by atomic mass is 10.2. The third-order valence-electron chi connectivity index (χ3n) is 5.83. The summed E-state index contributed by atoms with van der Waals surface area (Å²) in [5.41, 5.74) is 6.38. The highest BCUT2D eigenvalue weighted by molar-refractivity contribution is 7.47. The summed E-state index contributed by atoms with van der Waals surface area (Å²) in [6.07, 6.45) is 1.27. The van der Waals surface area contributed by atoms with Crippen LogP contribution in [0.5, 0.6) is 0 Å². The Kier molecular flexibility index (Phi) is 10.8. The van der Waals surface area contributed by atoms with Crippen LogP contribution in [-0.2, 0) is 43.7 Å². The third-order valence-corrected chi connectivity index (χ3v) is 7.79. The molecule has 3 rings (SSSR count). The molecule has 0 aliphatic carbocycles. The van der Waals surface area contributed by atoms with E-state index < -0.39 is 46.3 Å². The number of fused-ring (bicyclic) bond motifs is 1. The van der Waals surface area contributed by atoms with Crippen LogP contribution in [0.25, 0.3) is 5.70 Å². The number of aryl methyl sites for hydroxylation is 1. The number of nitrogens with one attached hydrogen (secondary N) is 1. The molecule has 0 bridgehead atoms. The zero-order valence-corrected chi connectivity index (χ0v) is 25.5. The number of rotatable bonds is 13. The Labute approximate surface area is 238 Å². The molecule has 1 amide bonds. The maximum Gasteiger partial charge on any atom is 0.472 e. The van der Waals surface area contributed by atoms with Crippen LogP contribution in [0.2, 0.25) is 0 Å². The molecule has 1 saturated heterocycles. The number of carbonyl (C=O) groups is 1. The van der Waals surface area contributed by atoms with E-state index in [1.54, 1.807) is 20.8 Å². The lowest BCUT2D eigenvalue weighted by Gasteiger charge is -2.27. The Hall–Kier alpha value is -2.33. The second-order valence-corrected chi connectivity index (χ2v) is 13.3. The van der Waals surface area contributed by atoms with Gasteiger partial charge in [-0.25, -0.2) is 18.5 Å². The number of aliphatic imine (C=N–C) groups is 1. The molecular weight excluding hydrogens is 586 g/mol. The van der Waals surface area contributed by atoms with Crippen molar-refractivity contribution in [1.82, 2.24) is 14.8 Å². The lowest BCUT2D eigenvalue weighted by Crippen LogP contribution is -2.41. The number of nitrogens with two attached hydrogens (primary N) is 1. The molecule has 1 aromatic rings. The Morgan fingerprint density at radius 2 is 1.88 bits per heavy atom. The van der Waals surface area contributed by atoms with Gasteiger partial charge < -0.3 is 35.2 Å². The summed E-state index contributed by atoms with van der Waals surface area (Å²) >= 11 is 0. The molecule has 1 aromatic heterocycles. The van der Waals surface area contributed by atoms with Gasteiger partial charge in [0.25, 0.3) is 5.96 Å². The van der Waals surface area contributed by atoms with E-state index in [0.29, 0.717) is 24.4 Å². The van der Waals surface area contributed by atoms with Crippen LogP contribution in [0.15, 0.2) is 17.9 Å². The molecule has 0 spiro atoms. The first kappa shape index (κ1) is 33.2. The monoisotopic (exact) mass is 625 g/mol. The predicted molar refractivity (Wildman–Crippen MR) is 145 cm³/mol. The number of guanidine groups is 1. The van der Waals surface area contributed by atoms with Crippen LogP contribution >= 0.6 is 15.6 Å². The number of imidazole rings is 1. The molecule has 19 heteroatoms. The van der Waals surface area contributed by atoms with Crippen molar-refractivity contribution in [1.29, 1.82) is 0 Å². The van der Waals surface area contributed by atoms with Gasteiger partial charge in [0.15, 0.2) is 18.2 Å². The van der Waals surface area contributed by atoms with E-state index in [4.69, 9.17) is 28.8 Å². The number of hydrogen-bond acceptors (Lipinski definition) is 12. The van der Waals surface area contributed by atoms with Gasteiger partial charge in [0, 0.05) is 26.6 Å². The molecular formula is C22H39N6O11P2+. The fraction of sp³-hybridized carbons (Fsp3) is 0.682. The summed E-state index contributed by atoms with van der Waals surface area (Å²) < 4.78 is 58.3. The maximum atomic E-state index is 12.5. The van der Waals surface area contributed by atoms with E-state index in [1.165, 1.54) is 0 Å². The molecule has 0 saturated carbocycles. The highest BCUT2D eigenvalue weighted by Gasteiger charge is 2.37. The second-order valence-electron chi connectivity index (χ2n) is 10.2. The van der Waals surface area contributed by atoms with Crippen molar-refractivity contribution in [2.75, 3.05) is 40.0 Å². The SMILES string of the molecule is C=C1NC(N)=Nc2c1n(C)c[n+]2C1CCC(COP(=O)(O)OCCN(CCOP(=O)(O)OC)C(=O)OC(C)(C)C)O1. The summed E-state index contributed by atoms with van der Waals surface area (Å²) in [6.45, 7) is 7.60. The van der Waals surface area contributed by atoms with Gasteiger partial charge in [0.05, 0.1) is 38.7 Å². The molecule has 4 unspecified atom stereocenters. The molecule has 1 fully saturated rings. The number of aromatic nitrogens is 2. The average molecular weight is 626 g/mol. The van der Waals surface area contributed by atoms with Crippen molar-refractivity contribution in [2.45, 2.75) is 51.5 Å². The van der Waals surface area contributed by atoms with Crippen molar-refractivity contribution in [3.05, 3.63) is 18.6 Å². The maximum absolute atomic E-state index is 12.5. The lowest BCUT2D eigenvalue weighted by molar-refractivity contribution is -0.748. The van der Waals surface area contributed by atoms with Crippen molar-refractivity contribution >= 4 is 39.2 Å². The molecule has 2 aliphatic heterocycles. The van der Waals surface area contributed by atoms with Gasteiger partial charge in [-0.15, -0.1) is 0 Å². The largest absolute Gasteiger partial charge is 0.472 e.